The van der Waals surface area contributed by atoms with Gasteiger partial charge in [0.1, 0.15) is 12.4 Å². The van der Waals surface area contributed by atoms with E-state index in [9.17, 15) is 22.4 Å². The molecule has 0 radical (unpaired) electrons. The number of ketones is 1. The van der Waals surface area contributed by atoms with Gasteiger partial charge >= 0.3 is 6.18 Å². The van der Waals surface area contributed by atoms with Crippen molar-refractivity contribution in [3.8, 4) is 17.1 Å². The van der Waals surface area contributed by atoms with Crippen LogP contribution in [-0.2, 0) is 12.7 Å². The van der Waals surface area contributed by atoms with Crippen LogP contribution >= 0.6 is 0 Å². The highest BCUT2D eigenvalue weighted by atomic mass is 19.4. The van der Waals surface area contributed by atoms with Crippen molar-refractivity contribution < 1.29 is 22.4 Å². The summed E-state index contributed by atoms with van der Waals surface area (Å²) in [5.41, 5.74) is 1.92. The molecule has 0 bridgehead atoms. The Bertz CT molecular complexity index is 1290. The van der Waals surface area contributed by atoms with Gasteiger partial charge in [0.2, 0.25) is 5.82 Å². The van der Waals surface area contributed by atoms with Crippen molar-refractivity contribution >= 4 is 5.78 Å². The number of carbonyl (C=O) groups excluding carboxylic acids is 1. The standard InChI is InChI=1S/C22H17F4N5O/c1-13-10-19(14(2)31(13)18-8-6-17(23)7-9-18)20(32)12-30-28-21(27-29-30)15-4-3-5-16(11-15)22(24,25)26/h3-11H,12H2,1-2H3. The smallest absolute Gasteiger partial charge is 0.318 e. The van der Waals surface area contributed by atoms with E-state index in [1.807, 2.05) is 11.5 Å². The molecule has 0 unspecified atom stereocenters. The summed E-state index contributed by atoms with van der Waals surface area (Å²) >= 11 is 0. The first-order valence-corrected chi connectivity index (χ1v) is 9.57. The van der Waals surface area contributed by atoms with E-state index in [1.54, 1.807) is 25.1 Å². The van der Waals surface area contributed by atoms with E-state index in [-0.39, 0.29) is 29.5 Å². The maximum Gasteiger partial charge on any atom is 0.416 e. The van der Waals surface area contributed by atoms with Gasteiger partial charge in [0.05, 0.1) is 5.56 Å². The zero-order valence-electron chi connectivity index (χ0n) is 17.1. The summed E-state index contributed by atoms with van der Waals surface area (Å²) in [7, 11) is 0. The number of benzene rings is 2. The Hall–Kier alpha value is -3.82. The zero-order valence-corrected chi connectivity index (χ0v) is 17.1. The first-order chi connectivity index (χ1) is 15.1. The lowest BCUT2D eigenvalue weighted by Gasteiger charge is -2.09. The molecular weight excluding hydrogens is 426 g/mol. The highest BCUT2D eigenvalue weighted by molar-refractivity contribution is 5.97. The van der Waals surface area contributed by atoms with Gasteiger partial charge in [0.25, 0.3) is 0 Å². The topological polar surface area (TPSA) is 65.6 Å². The van der Waals surface area contributed by atoms with Crippen LogP contribution in [0.15, 0.2) is 54.6 Å². The SMILES string of the molecule is Cc1cc(C(=O)Cn2nnc(-c3cccc(C(F)(F)F)c3)n2)c(C)n1-c1ccc(F)cc1. The van der Waals surface area contributed by atoms with E-state index in [0.717, 1.165) is 22.6 Å². The zero-order chi connectivity index (χ0) is 23.0. The minimum atomic E-state index is -4.49. The predicted molar refractivity (Wildman–Crippen MR) is 108 cm³/mol. The molecule has 6 nitrogen and oxygen atoms in total. The van der Waals surface area contributed by atoms with Gasteiger partial charge in [-0.05, 0) is 61.5 Å². The highest BCUT2D eigenvalue weighted by Crippen LogP contribution is 2.31. The molecule has 2 aromatic heterocycles. The molecule has 32 heavy (non-hydrogen) atoms. The van der Waals surface area contributed by atoms with E-state index in [2.05, 4.69) is 15.4 Å². The lowest BCUT2D eigenvalue weighted by atomic mass is 10.1. The van der Waals surface area contributed by atoms with E-state index in [0.29, 0.717) is 16.9 Å². The van der Waals surface area contributed by atoms with Gasteiger partial charge in [0.15, 0.2) is 5.78 Å². The minimum Gasteiger partial charge on any atom is -0.318 e. The number of tetrazole rings is 1. The molecule has 10 heteroatoms. The largest absolute Gasteiger partial charge is 0.416 e. The molecule has 0 N–H and O–H groups in total. The quantitative estimate of drug-likeness (QED) is 0.329. The minimum absolute atomic E-state index is 0.0133. The van der Waals surface area contributed by atoms with Crippen LogP contribution in [0.4, 0.5) is 17.6 Å². The third-order valence-electron chi connectivity index (χ3n) is 5.00. The fourth-order valence-electron chi connectivity index (χ4n) is 3.51. The molecule has 4 rings (SSSR count). The summed E-state index contributed by atoms with van der Waals surface area (Å²) in [6.07, 6.45) is -4.49. The number of carbonyl (C=O) groups is 1. The van der Waals surface area contributed by atoms with Gasteiger partial charge < -0.3 is 4.57 Å². The maximum absolute atomic E-state index is 13.2. The predicted octanol–water partition coefficient (Wildman–Crippen LogP) is 4.79. The fraction of sp³-hybridized carbons (Fsp3) is 0.182. The van der Waals surface area contributed by atoms with E-state index < -0.39 is 11.7 Å². The van der Waals surface area contributed by atoms with Crippen molar-refractivity contribution in [2.75, 3.05) is 0 Å². The van der Waals surface area contributed by atoms with Gasteiger partial charge in [-0.2, -0.15) is 18.0 Å². The van der Waals surface area contributed by atoms with Crippen molar-refractivity contribution in [3.05, 3.63) is 82.9 Å². The maximum atomic E-state index is 13.2. The number of alkyl halides is 3. The van der Waals surface area contributed by atoms with Crippen LogP contribution in [0.5, 0.6) is 0 Å². The van der Waals surface area contributed by atoms with Crippen LogP contribution in [0.25, 0.3) is 17.1 Å². The average molecular weight is 443 g/mol. The number of hydrogen-bond donors (Lipinski definition) is 0. The Morgan fingerprint density at radius 1 is 1.03 bits per heavy atom. The van der Waals surface area contributed by atoms with Crippen molar-refractivity contribution in [2.24, 2.45) is 0 Å². The summed E-state index contributed by atoms with van der Waals surface area (Å²) in [5, 5.41) is 11.6. The normalized spacial score (nSPS) is 11.7. The summed E-state index contributed by atoms with van der Waals surface area (Å²) in [6.45, 7) is 3.36. The third kappa shape index (κ3) is 4.16. The van der Waals surface area contributed by atoms with Crippen LogP contribution in [0.1, 0.15) is 27.3 Å². The monoisotopic (exact) mass is 443 g/mol. The molecule has 0 saturated heterocycles. The molecule has 2 aromatic carbocycles. The van der Waals surface area contributed by atoms with E-state index in [1.165, 1.54) is 24.3 Å². The van der Waals surface area contributed by atoms with Crippen molar-refractivity contribution in [3.63, 3.8) is 0 Å². The van der Waals surface area contributed by atoms with Crippen LogP contribution in [0, 0.1) is 19.7 Å². The van der Waals surface area contributed by atoms with Gasteiger partial charge in [-0.15, -0.1) is 10.2 Å². The molecule has 0 aliphatic heterocycles. The molecule has 0 aliphatic carbocycles. The summed E-state index contributed by atoms with van der Waals surface area (Å²) in [4.78, 5) is 13.9. The third-order valence-corrected chi connectivity index (χ3v) is 5.00. The lowest BCUT2D eigenvalue weighted by Crippen LogP contribution is -2.14. The fourth-order valence-corrected chi connectivity index (χ4v) is 3.51. The van der Waals surface area contributed by atoms with Crippen molar-refractivity contribution in [1.29, 1.82) is 0 Å². The van der Waals surface area contributed by atoms with Crippen LogP contribution in [0.2, 0.25) is 0 Å². The average Bonchev–Trinajstić information content (AvgIpc) is 3.32. The highest BCUT2D eigenvalue weighted by Gasteiger charge is 2.30. The molecule has 4 aromatic rings. The van der Waals surface area contributed by atoms with Crippen molar-refractivity contribution in [2.45, 2.75) is 26.6 Å². The van der Waals surface area contributed by atoms with Crippen LogP contribution in [-0.4, -0.2) is 30.6 Å². The number of rotatable bonds is 5. The summed E-state index contributed by atoms with van der Waals surface area (Å²) < 4.78 is 53.9. The number of aryl methyl sites for hydroxylation is 1. The summed E-state index contributed by atoms with van der Waals surface area (Å²) in [5.74, 6) is -0.665. The Kier molecular flexibility index (Phi) is 5.37. The first-order valence-electron chi connectivity index (χ1n) is 9.57. The van der Waals surface area contributed by atoms with Crippen LogP contribution < -0.4 is 0 Å². The number of nitrogens with zero attached hydrogens (tertiary/aromatic N) is 5. The molecule has 0 fully saturated rings. The Morgan fingerprint density at radius 3 is 2.44 bits per heavy atom. The van der Waals surface area contributed by atoms with Gasteiger partial charge in [-0.3, -0.25) is 4.79 Å². The van der Waals surface area contributed by atoms with Crippen LogP contribution in [0.3, 0.4) is 0 Å². The van der Waals surface area contributed by atoms with E-state index >= 15 is 0 Å². The number of halogens is 4. The molecule has 0 saturated carbocycles. The molecule has 0 atom stereocenters. The number of aromatic nitrogens is 5. The number of hydrogen-bond acceptors (Lipinski definition) is 4. The van der Waals surface area contributed by atoms with Crippen molar-refractivity contribution in [1.82, 2.24) is 24.8 Å². The summed E-state index contributed by atoms with van der Waals surface area (Å²) in [6, 6.07) is 12.2. The van der Waals surface area contributed by atoms with Gasteiger partial charge in [0, 0.05) is 28.2 Å². The second-order valence-electron chi connectivity index (χ2n) is 7.24. The van der Waals surface area contributed by atoms with Gasteiger partial charge in [-0.25, -0.2) is 4.39 Å². The Labute approximate surface area is 180 Å². The Balaban J connectivity index is 1.57. The lowest BCUT2D eigenvalue weighted by molar-refractivity contribution is -0.137. The first kappa shape index (κ1) is 21.4. The van der Waals surface area contributed by atoms with Gasteiger partial charge in [-0.1, -0.05) is 12.1 Å². The molecule has 0 amide bonds. The molecule has 164 valence electrons. The molecular formula is C22H17F4N5O. The number of Topliss-reactive ketones (excluding diaryl/α,β-unsaturated/α-hetero) is 1. The molecule has 0 aliphatic rings. The second-order valence-corrected chi connectivity index (χ2v) is 7.24. The van der Waals surface area contributed by atoms with E-state index in [4.69, 9.17) is 0 Å². The molecule has 0 spiro atoms. The molecule has 2 heterocycles. The second kappa shape index (κ2) is 8.03. The Morgan fingerprint density at radius 2 is 1.75 bits per heavy atom.